The lowest BCUT2D eigenvalue weighted by atomic mass is 9.64. The average Bonchev–Trinajstić information content (AvgIpc) is 2.50. The van der Waals surface area contributed by atoms with Gasteiger partial charge >= 0.3 is 21.4 Å². The van der Waals surface area contributed by atoms with Gasteiger partial charge < -0.3 is 13.7 Å². The van der Waals surface area contributed by atoms with Crippen LogP contribution in [0, 0.1) is 0 Å². The van der Waals surface area contributed by atoms with Crippen LogP contribution >= 0.6 is 0 Å². The molecule has 1 aliphatic heterocycles. The quantitative estimate of drug-likeness (QED) is 0.795. The molecule has 1 saturated heterocycles. The van der Waals surface area contributed by atoms with Gasteiger partial charge in [-0.15, -0.1) is 0 Å². The molecule has 0 aromatic carbocycles. The highest BCUT2D eigenvalue weighted by Crippen LogP contribution is 2.22. The van der Waals surface area contributed by atoms with Crippen LogP contribution in [0.2, 0.25) is 0 Å². The van der Waals surface area contributed by atoms with Crippen LogP contribution in [0.15, 0.2) is 54.6 Å². The molecule has 1 fully saturated rings. The molecule has 0 saturated carbocycles. The molecule has 1 aromatic rings. The SMILES string of the molecule is C/C=C(/B1OB(/C=C/C)OB(/C=C/C)O1)c1ccccn1. The number of pyridine rings is 1. The summed E-state index contributed by atoms with van der Waals surface area (Å²) in [7, 11) is -1.39. The molecular formula is C14H18B3NO3. The fraction of sp³-hybridized carbons (Fsp3) is 0.214. The smallest absolute Gasteiger partial charge is 0.445 e. The van der Waals surface area contributed by atoms with Gasteiger partial charge in [0.05, 0.1) is 5.69 Å². The van der Waals surface area contributed by atoms with Crippen molar-refractivity contribution in [2.45, 2.75) is 20.8 Å². The zero-order valence-electron chi connectivity index (χ0n) is 12.6. The number of hydrogen-bond donors (Lipinski definition) is 0. The molecular weight excluding hydrogens is 263 g/mol. The minimum Gasteiger partial charge on any atom is -0.445 e. The molecule has 4 nitrogen and oxygen atoms in total. The van der Waals surface area contributed by atoms with E-state index in [1.165, 1.54) is 0 Å². The largest absolute Gasteiger partial charge is 0.468 e. The summed E-state index contributed by atoms with van der Waals surface area (Å²) in [6.45, 7) is 5.80. The Hall–Kier alpha value is -1.56. The van der Waals surface area contributed by atoms with E-state index in [1.807, 2.05) is 69.1 Å². The zero-order valence-corrected chi connectivity index (χ0v) is 12.6. The fourth-order valence-electron chi connectivity index (χ4n) is 2.05. The number of nitrogens with zero attached hydrogens (tertiary/aromatic N) is 1. The molecule has 2 heterocycles. The first-order valence-corrected chi connectivity index (χ1v) is 7.08. The Balaban J connectivity index is 2.23. The van der Waals surface area contributed by atoms with E-state index in [1.54, 1.807) is 6.20 Å². The third-order valence-electron chi connectivity index (χ3n) is 3.01. The molecule has 0 spiro atoms. The average molecular weight is 281 g/mol. The van der Waals surface area contributed by atoms with Gasteiger partial charge in [0.2, 0.25) is 0 Å². The number of allylic oxidation sites excluding steroid dienone is 3. The summed E-state index contributed by atoms with van der Waals surface area (Å²) >= 11 is 0. The van der Waals surface area contributed by atoms with E-state index in [0.29, 0.717) is 0 Å². The van der Waals surface area contributed by atoms with Crippen molar-refractivity contribution in [2.24, 2.45) is 0 Å². The normalized spacial score (nSPS) is 17.3. The molecule has 0 atom stereocenters. The number of aromatic nitrogens is 1. The van der Waals surface area contributed by atoms with Crippen molar-refractivity contribution in [3.05, 3.63) is 60.3 Å². The first-order chi connectivity index (χ1) is 10.3. The maximum absolute atomic E-state index is 5.84. The topological polar surface area (TPSA) is 40.6 Å². The van der Waals surface area contributed by atoms with E-state index >= 15 is 0 Å². The highest BCUT2D eigenvalue weighted by atomic mass is 16.7. The second kappa shape index (κ2) is 8.03. The maximum atomic E-state index is 5.84. The number of hydrogen-bond acceptors (Lipinski definition) is 4. The first-order valence-electron chi connectivity index (χ1n) is 7.08. The molecule has 106 valence electrons. The molecule has 2 rings (SSSR count). The van der Waals surface area contributed by atoms with E-state index in [9.17, 15) is 0 Å². The standard InChI is InChI=1S/C14H18B3NO3/c1-4-10-15-19-16(11-5-2)21-17(20-15)13(6-3)14-9-7-8-12-18-14/h4-12H,1-3H3/b10-4+,11-5+,13-6+. The fourth-order valence-corrected chi connectivity index (χ4v) is 2.05. The molecule has 21 heavy (non-hydrogen) atoms. The second-order valence-corrected chi connectivity index (χ2v) is 4.49. The Kier molecular flexibility index (Phi) is 6.05. The van der Waals surface area contributed by atoms with Gasteiger partial charge in [0.15, 0.2) is 0 Å². The Morgan fingerprint density at radius 1 is 1.00 bits per heavy atom. The van der Waals surface area contributed by atoms with Gasteiger partial charge in [-0.2, -0.15) is 0 Å². The monoisotopic (exact) mass is 281 g/mol. The van der Waals surface area contributed by atoms with E-state index < -0.39 is 21.4 Å². The van der Waals surface area contributed by atoms with Crippen LogP contribution in [0.1, 0.15) is 26.5 Å². The molecule has 0 amide bonds. The third kappa shape index (κ3) is 4.20. The van der Waals surface area contributed by atoms with Crippen LogP contribution in [0.4, 0.5) is 0 Å². The van der Waals surface area contributed by atoms with Gasteiger partial charge in [-0.25, -0.2) is 0 Å². The van der Waals surface area contributed by atoms with Crippen LogP contribution in [0.3, 0.4) is 0 Å². The summed E-state index contributed by atoms with van der Waals surface area (Å²) in [5.74, 6) is 3.72. The lowest BCUT2D eigenvalue weighted by molar-refractivity contribution is 0.307. The van der Waals surface area contributed by atoms with Crippen molar-refractivity contribution in [3.63, 3.8) is 0 Å². The van der Waals surface area contributed by atoms with Gasteiger partial charge in [-0.3, -0.25) is 4.98 Å². The number of rotatable bonds is 4. The first kappa shape index (κ1) is 15.8. The predicted octanol–water partition coefficient (Wildman–Crippen LogP) is 2.78. The molecule has 1 aliphatic rings. The summed E-state index contributed by atoms with van der Waals surface area (Å²) in [5.41, 5.74) is 1.73. The molecule has 7 heteroatoms. The highest BCUT2D eigenvalue weighted by Gasteiger charge is 2.40. The van der Waals surface area contributed by atoms with Crippen LogP contribution < -0.4 is 0 Å². The molecule has 0 bridgehead atoms. The summed E-state index contributed by atoms with van der Waals surface area (Å²) in [4.78, 5) is 4.36. The van der Waals surface area contributed by atoms with Crippen LogP contribution in [0.5, 0.6) is 0 Å². The molecule has 0 aliphatic carbocycles. The molecule has 0 N–H and O–H groups in total. The predicted molar refractivity (Wildman–Crippen MR) is 88.0 cm³/mol. The van der Waals surface area contributed by atoms with Gasteiger partial charge in [-0.05, 0) is 32.9 Å². The van der Waals surface area contributed by atoms with Crippen molar-refractivity contribution in [2.75, 3.05) is 0 Å². The summed E-state index contributed by atoms with van der Waals surface area (Å²) in [5, 5.41) is 0. The van der Waals surface area contributed by atoms with Crippen LogP contribution in [-0.2, 0) is 13.7 Å². The Morgan fingerprint density at radius 3 is 2.14 bits per heavy atom. The van der Waals surface area contributed by atoms with E-state index in [4.69, 9.17) is 13.7 Å². The zero-order chi connectivity index (χ0) is 15.1. The molecule has 0 unspecified atom stereocenters. The third-order valence-corrected chi connectivity index (χ3v) is 3.01. The van der Waals surface area contributed by atoms with Crippen molar-refractivity contribution in [1.29, 1.82) is 0 Å². The minimum absolute atomic E-state index is 0.436. The van der Waals surface area contributed by atoms with Crippen molar-refractivity contribution in [1.82, 2.24) is 4.98 Å². The van der Waals surface area contributed by atoms with E-state index in [-0.39, 0.29) is 0 Å². The van der Waals surface area contributed by atoms with Crippen LogP contribution in [-0.4, -0.2) is 26.3 Å². The van der Waals surface area contributed by atoms with Gasteiger partial charge in [0.1, 0.15) is 0 Å². The van der Waals surface area contributed by atoms with Gasteiger partial charge in [0, 0.05) is 11.7 Å². The van der Waals surface area contributed by atoms with E-state index in [2.05, 4.69) is 4.98 Å². The summed E-state index contributed by atoms with van der Waals surface area (Å²) < 4.78 is 17.3. The summed E-state index contributed by atoms with van der Waals surface area (Å²) in [6.07, 6.45) is 7.51. The van der Waals surface area contributed by atoms with Gasteiger partial charge in [0.25, 0.3) is 0 Å². The molecule has 0 radical (unpaired) electrons. The lowest BCUT2D eigenvalue weighted by Crippen LogP contribution is -2.48. The van der Waals surface area contributed by atoms with Crippen molar-refractivity contribution >= 4 is 26.8 Å². The van der Waals surface area contributed by atoms with Crippen molar-refractivity contribution < 1.29 is 13.7 Å². The van der Waals surface area contributed by atoms with Gasteiger partial charge in [-0.1, -0.05) is 36.2 Å². The maximum Gasteiger partial charge on any atom is 0.468 e. The lowest BCUT2D eigenvalue weighted by Gasteiger charge is -2.29. The van der Waals surface area contributed by atoms with E-state index in [0.717, 1.165) is 11.2 Å². The molecule has 1 aromatic heterocycles. The van der Waals surface area contributed by atoms with Crippen LogP contribution in [0.25, 0.3) is 5.47 Å². The Morgan fingerprint density at radius 2 is 1.67 bits per heavy atom. The Labute approximate surface area is 127 Å². The summed E-state index contributed by atoms with van der Waals surface area (Å²) in [6, 6.07) is 5.76. The Bertz CT molecular complexity index is 514. The second-order valence-electron chi connectivity index (χ2n) is 4.49. The minimum atomic E-state index is -0.513. The highest BCUT2D eigenvalue weighted by molar-refractivity contribution is 6.84. The van der Waals surface area contributed by atoms with Crippen molar-refractivity contribution in [3.8, 4) is 0 Å².